The van der Waals surface area contributed by atoms with Gasteiger partial charge in [-0.2, -0.15) is 0 Å². The van der Waals surface area contributed by atoms with Gasteiger partial charge in [0.05, 0.1) is 12.8 Å². The highest BCUT2D eigenvalue weighted by atomic mass is 16.5. The highest BCUT2D eigenvalue weighted by Gasteiger charge is 2.27. The standard InChI is InChI=1S/C22H25N3O2/c1-5-22(2,3)19-15(14-9-6-7-10-16(14)23-19)13-17-21(26)25-12-8-11-18(25)20(24-17)27-4/h5-7,9-10,23H,1,8,11-13H2,2-4H3. The van der Waals surface area contributed by atoms with Gasteiger partial charge in [0.2, 0.25) is 5.88 Å². The summed E-state index contributed by atoms with van der Waals surface area (Å²) in [7, 11) is 1.62. The van der Waals surface area contributed by atoms with Gasteiger partial charge in [0.15, 0.2) is 0 Å². The first kappa shape index (κ1) is 17.6. The van der Waals surface area contributed by atoms with Gasteiger partial charge in [-0.3, -0.25) is 4.79 Å². The molecular formula is C22H25N3O2. The highest BCUT2D eigenvalue weighted by molar-refractivity contribution is 5.85. The van der Waals surface area contributed by atoms with Crippen LogP contribution in [0.4, 0.5) is 0 Å². The number of fused-ring (bicyclic) bond motifs is 2. The van der Waals surface area contributed by atoms with Crippen molar-refractivity contribution < 1.29 is 4.74 Å². The average Bonchev–Trinajstić information content (AvgIpc) is 3.30. The highest BCUT2D eigenvalue weighted by Crippen LogP contribution is 2.34. The minimum absolute atomic E-state index is 0.00376. The quantitative estimate of drug-likeness (QED) is 0.703. The number of hydrogen-bond donors (Lipinski definition) is 1. The number of aromatic nitrogens is 3. The molecule has 3 aromatic rings. The van der Waals surface area contributed by atoms with Crippen molar-refractivity contribution in [3.63, 3.8) is 0 Å². The van der Waals surface area contributed by atoms with E-state index in [1.54, 1.807) is 7.11 Å². The molecule has 0 fully saturated rings. The van der Waals surface area contributed by atoms with Crippen LogP contribution in [-0.2, 0) is 24.8 Å². The largest absolute Gasteiger partial charge is 0.480 e. The fourth-order valence-electron chi connectivity index (χ4n) is 3.99. The Morgan fingerprint density at radius 1 is 1.37 bits per heavy atom. The van der Waals surface area contributed by atoms with Crippen LogP contribution in [0.2, 0.25) is 0 Å². The average molecular weight is 363 g/mol. The Kier molecular flexibility index (Phi) is 4.17. The van der Waals surface area contributed by atoms with Crippen LogP contribution in [0.5, 0.6) is 5.88 Å². The van der Waals surface area contributed by atoms with Crippen LogP contribution in [-0.4, -0.2) is 21.6 Å². The summed E-state index contributed by atoms with van der Waals surface area (Å²) in [5, 5.41) is 1.12. The van der Waals surface area contributed by atoms with Gasteiger partial charge in [0.1, 0.15) is 5.69 Å². The van der Waals surface area contributed by atoms with Gasteiger partial charge in [-0.15, -0.1) is 6.58 Å². The van der Waals surface area contributed by atoms with E-state index in [0.29, 0.717) is 18.0 Å². The summed E-state index contributed by atoms with van der Waals surface area (Å²) in [6.45, 7) is 8.98. The number of nitrogens with zero attached hydrogens (tertiary/aromatic N) is 2. The van der Waals surface area contributed by atoms with Gasteiger partial charge in [-0.05, 0) is 24.5 Å². The number of H-pyrrole nitrogens is 1. The van der Waals surface area contributed by atoms with Crippen LogP contribution in [0.25, 0.3) is 10.9 Å². The van der Waals surface area contributed by atoms with Crippen molar-refractivity contribution in [1.82, 2.24) is 14.5 Å². The Labute approximate surface area is 158 Å². The zero-order valence-electron chi connectivity index (χ0n) is 16.1. The molecule has 0 saturated carbocycles. The van der Waals surface area contributed by atoms with Crippen LogP contribution < -0.4 is 10.3 Å². The number of nitrogens with one attached hydrogen (secondary N) is 1. The predicted octanol–water partition coefficient (Wildman–Crippen LogP) is 3.73. The third-order valence-corrected chi connectivity index (χ3v) is 5.60. The first-order valence-corrected chi connectivity index (χ1v) is 9.36. The van der Waals surface area contributed by atoms with Gasteiger partial charge in [0.25, 0.3) is 5.56 Å². The number of hydrogen-bond acceptors (Lipinski definition) is 3. The molecule has 5 heteroatoms. The van der Waals surface area contributed by atoms with E-state index >= 15 is 0 Å². The van der Waals surface area contributed by atoms with E-state index in [-0.39, 0.29) is 11.0 Å². The van der Waals surface area contributed by atoms with Crippen molar-refractivity contribution in [3.05, 3.63) is 69.9 Å². The van der Waals surface area contributed by atoms with E-state index in [0.717, 1.165) is 47.2 Å². The first-order valence-electron chi connectivity index (χ1n) is 9.36. The minimum atomic E-state index is -0.245. The lowest BCUT2D eigenvalue weighted by atomic mass is 9.85. The summed E-state index contributed by atoms with van der Waals surface area (Å²) in [6, 6.07) is 8.18. The first-order chi connectivity index (χ1) is 13.0. The number of methoxy groups -OCH3 is 1. The van der Waals surface area contributed by atoms with Crippen LogP contribution >= 0.6 is 0 Å². The van der Waals surface area contributed by atoms with Gasteiger partial charge in [-0.25, -0.2) is 4.98 Å². The Hall–Kier alpha value is -2.82. The molecule has 0 bridgehead atoms. The molecule has 140 valence electrons. The van der Waals surface area contributed by atoms with Crippen molar-refractivity contribution in [2.24, 2.45) is 0 Å². The van der Waals surface area contributed by atoms with Gasteiger partial charge >= 0.3 is 0 Å². The molecule has 1 aliphatic heterocycles. The summed E-state index contributed by atoms with van der Waals surface area (Å²) in [5.41, 5.74) is 4.43. The van der Waals surface area contributed by atoms with Crippen LogP contribution in [0.3, 0.4) is 0 Å². The molecule has 5 nitrogen and oxygen atoms in total. The summed E-state index contributed by atoms with van der Waals surface area (Å²) < 4.78 is 7.31. The van der Waals surface area contributed by atoms with E-state index < -0.39 is 0 Å². The third kappa shape index (κ3) is 2.78. The fourth-order valence-corrected chi connectivity index (χ4v) is 3.99. The third-order valence-electron chi connectivity index (χ3n) is 5.60. The molecule has 0 saturated heterocycles. The van der Waals surface area contributed by atoms with E-state index in [4.69, 9.17) is 4.74 Å². The van der Waals surface area contributed by atoms with Gasteiger partial charge in [-0.1, -0.05) is 38.1 Å². The van der Waals surface area contributed by atoms with Gasteiger partial charge < -0.3 is 14.3 Å². The molecule has 1 aliphatic rings. The summed E-state index contributed by atoms with van der Waals surface area (Å²) >= 11 is 0. The molecule has 0 atom stereocenters. The SMILES string of the molecule is C=CC(C)(C)c1[nH]c2ccccc2c1Cc1nc(OC)c2n(c1=O)CCC2. The Bertz CT molecular complexity index is 1090. The zero-order chi connectivity index (χ0) is 19.2. The molecule has 0 spiro atoms. The number of benzene rings is 1. The second-order valence-electron chi connectivity index (χ2n) is 7.70. The molecule has 1 aromatic carbocycles. The maximum atomic E-state index is 13.0. The molecule has 27 heavy (non-hydrogen) atoms. The van der Waals surface area contributed by atoms with E-state index in [1.807, 2.05) is 22.8 Å². The Morgan fingerprint density at radius 3 is 2.89 bits per heavy atom. The van der Waals surface area contributed by atoms with E-state index in [9.17, 15) is 4.79 Å². The Morgan fingerprint density at radius 2 is 2.15 bits per heavy atom. The molecule has 4 rings (SSSR count). The van der Waals surface area contributed by atoms with Crippen molar-refractivity contribution >= 4 is 10.9 Å². The van der Waals surface area contributed by atoms with Crippen molar-refractivity contribution in [2.45, 2.75) is 45.1 Å². The second-order valence-corrected chi connectivity index (χ2v) is 7.70. The number of aromatic amines is 1. The molecule has 2 aromatic heterocycles. The van der Waals surface area contributed by atoms with Crippen molar-refractivity contribution in [1.29, 1.82) is 0 Å². The van der Waals surface area contributed by atoms with Crippen LogP contribution in [0.15, 0.2) is 41.7 Å². The van der Waals surface area contributed by atoms with Crippen LogP contribution in [0.1, 0.15) is 42.9 Å². The predicted molar refractivity (Wildman–Crippen MR) is 108 cm³/mol. The summed E-state index contributed by atoms with van der Waals surface area (Å²) in [5.74, 6) is 0.575. The number of ether oxygens (including phenoxy) is 1. The van der Waals surface area contributed by atoms with E-state index in [2.05, 4.69) is 42.5 Å². The lowest BCUT2D eigenvalue weighted by Crippen LogP contribution is -2.26. The lowest BCUT2D eigenvalue weighted by molar-refractivity contribution is 0.385. The summed E-state index contributed by atoms with van der Waals surface area (Å²) in [6.07, 6.45) is 4.20. The lowest BCUT2D eigenvalue weighted by Gasteiger charge is -2.21. The molecule has 1 N–H and O–H groups in total. The topological polar surface area (TPSA) is 59.9 Å². The minimum Gasteiger partial charge on any atom is -0.480 e. The number of rotatable bonds is 5. The molecule has 0 radical (unpaired) electrons. The summed E-state index contributed by atoms with van der Waals surface area (Å²) in [4.78, 5) is 21.2. The molecule has 0 unspecified atom stereocenters. The molecule has 3 heterocycles. The number of allylic oxidation sites excluding steroid dienone is 1. The van der Waals surface area contributed by atoms with Crippen molar-refractivity contribution in [2.75, 3.05) is 7.11 Å². The fraction of sp³-hybridized carbons (Fsp3) is 0.364. The zero-order valence-corrected chi connectivity index (χ0v) is 16.1. The maximum Gasteiger partial charge on any atom is 0.273 e. The van der Waals surface area contributed by atoms with Crippen molar-refractivity contribution in [3.8, 4) is 5.88 Å². The Balaban J connectivity index is 1.91. The smallest absolute Gasteiger partial charge is 0.273 e. The monoisotopic (exact) mass is 363 g/mol. The maximum absolute atomic E-state index is 13.0. The molecule has 0 amide bonds. The second kappa shape index (κ2) is 6.41. The molecular weight excluding hydrogens is 338 g/mol. The van der Waals surface area contributed by atoms with Crippen LogP contribution in [0, 0.1) is 0 Å². The molecule has 0 aliphatic carbocycles. The number of para-hydroxylation sites is 1. The van der Waals surface area contributed by atoms with E-state index in [1.165, 1.54) is 0 Å². The normalized spacial score (nSPS) is 13.7. The van der Waals surface area contributed by atoms with Gasteiger partial charge in [0, 0.05) is 35.0 Å².